The standard InChI is InChI=1S/C23H24ClN5O/c1-16-5-2-9-21(26-16)28-22-15-25-14-19(27-22)20-8-4-12-29(20)23(30)11-10-17-6-3-7-18(24)13-17/h2-3,5-7,9,13-15,20H,4,8,10-12H2,1H3,(H,26,27,28)/t20-/m1/s1. The van der Waals surface area contributed by atoms with Crippen molar-refractivity contribution in [2.24, 2.45) is 0 Å². The Hall–Kier alpha value is -2.99. The predicted octanol–water partition coefficient (Wildman–Crippen LogP) is 4.87. The fourth-order valence-corrected chi connectivity index (χ4v) is 4.02. The minimum absolute atomic E-state index is 0.0448. The van der Waals surface area contributed by atoms with Crippen LogP contribution >= 0.6 is 11.6 Å². The van der Waals surface area contributed by atoms with Crippen molar-refractivity contribution in [1.29, 1.82) is 0 Å². The second-order valence-corrected chi connectivity index (χ2v) is 7.93. The molecule has 6 nitrogen and oxygen atoms in total. The highest BCUT2D eigenvalue weighted by Gasteiger charge is 2.31. The van der Waals surface area contributed by atoms with Crippen LogP contribution in [0.5, 0.6) is 0 Å². The van der Waals surface area contributed by atoms with Crippen LogP contribution < -0.4 is 5.32 Å². The number of carbonyl (C=O) groups is 1. The molecule has 1 fully saturated rings. The Labute approximate surface area is 181 Å². The van der Waals surface area contributed by atoms with E-state index in [1.807, 2.05) is 54.3 Å². The van der Waals surface area contributed by atoms with Crippen LogP contribution in [0.15, 0.2) is 54.9 Å². The van der Waals surface area contributed by atoms with E-state index in [0.29, 0.717) is 23.7 Å². The molecule has 0 unspecified atom stereocenters. The van der Waals surface area contributed by atoms with Crippen molar-refractivity contribution < 1.29 is 4.79 Å². The zero-order chi connectivity index (χ0) is 20.9. The molecule has 0 spiro atoms. The van der Waals surface area contributed by atoms with Crippen molar-refractivity contribution in [2.45, 2.75) is 38.6 Å². The van der Waals surface area contributed by atoms with Crippen LogP contribution in [0.3, 0.4) is 0 Å². The molecule has 2 aromatic heterocycles. The molecular weight excluding hydrogens is 398 g/mol. The minimum atomic E-state index is -0.0448. The summed E-state index contributed by atoms with van der Waals surface area (Å²) in [7, 11) is 0. The topological polar surface area (TPSA) is 71.0 Å². The first-order valence-corrected chi connectivity index (χ1v) is 10.5. The number of nitrogens with one attached hydrogen (secondary N) is 1. The number of pyridine rings is 1. The second kappa shape index (κ2) is 9.22. The molecule has 1 atom stereocenters. The lowest BCUT2D eigenvalue weighted by molar-refractivity contribution is -0.132. The molecule has 3 aromatic rings. The molecule has 1 saturated heterocycles. The van der Waals surface area contributed by atoms with Gasteiger partial charge in [0.2, 0.25) is 5.91 Å². The van der Waals surface area contributed by atoms with Crippen molar-refractivity contribution in [3.05, 3.63) is 76.8 Å². The summed E-state index contributed by atoms with van der Waals surface area (Å²) in [4.78, 5) is 28.4. The molecule has 1 aliphatic heterocycles. The van der Waals surface area contributed by atoms with E-state index in [0.717, 1.165) is 42.2 Å². The third kappa shape index (κ3) is 4.94. The van der Waals surface area contributed by atoms with Crippen molar-refractivity contribution >= 4 is 29.1 Å². The number of aromatic nitrogens is 3. The van der Waals surface area contributed by atoms with Gasteiger partial charge in [-0.15, -0.1) is 0 Å². The first-order chi connectivity index (χ1) is 14.6. The third-order valence-corrected chi connectivity index (χ3v) is 5.46. The number of likely N-dealkylation sites (tertiary alicyclic amines) is 1. The summed E-state index contributed by atoms with van der Waals surface area (Å²) < 4.78 is 0. The number of aryl methyl sites for hydroxylation is 2. The molecular formula is C23H24ClN5O. The van der Waals surface area contributed by atoms with Crippen LogP contribution in [-0.4, -0.2) is 32.3 Å². The number of hydrogen-bond acceptors (Lipinski definition) is 5. The van der Waals surface area contributed by atoms with Crippen molar-refractivity contribution in [3.63, 3.8) is 0 Å². The third-order valence-electron chi connectivity index (χ3n) is 5.23. The van der Waals surface area contributed by atoms with Gasteiger partial charge in [0.25, 0.3) is 0 Å². The zero-order valence-electron chi connectivity index (χ0n) is 16.9. The van der Waals surface area contributed by atoms with Gasteiger partial charge in [-0.3, -0.25) is 9.78 Å². The molecule has 1 aliphatic rings. The Morgan fingerprint density at radius 3 is 2.87 bits per heavy atom. The fourth-order valence-electron chi connectivity index (χ4n) is 3.81. The van der Waals surface area contributed by atoms with E-state index in [9.17, 15) is 4.79 Å². The molecule has 1 aromatic carbocycles. The van der Waals surface area contributed by atoms with Gasteiger partial charge in [-0.25, -0.2) is 9.97 Å². The Kier molecular flexibility index (Phi) is 6.23. The lowest BCUT2D eigenvalue weighted by Crippen LogP contribution is -2.31. The molecule has 0 radical (unpaired) electrons. The van der Waals surface area contributed by atoms with E-state index < -0.39 is 0 Å². The largest absolute Gasteiger partial charge is 0.334 e. The van der Waals surface area contributed by atoms with Gasteiger partial charge < -0.3 is 10.2 Å². The Morgan fingerprint density at radius 2 is 2.03 bits per heavy atom. The van der Waals surface area contributed by atoms with Crippen LogP contribution in [0.4, 0.5) is 11.6 Å². The molecule has 4 rings (SSSR count). The monoisotopic (exact) mass is 421 g/mol. The number of carbonyl (C=O) groups excluding carboxylic acids is 1. The van der Waals surface area contributed by atoms with Gasteiger partial charge >= 0.3 is 0 Å². The maximum Gasteiger partial charge on any atom is 0.223 e. The summed E-state index contributed by atoms with van der Waals surface area (Å²) in [5.41, 5.74) is 2.81. The molecule has 0 saturated carbocycles. The zero-order valence-corrected chi connectivity index (χ0v) is 17.6. The minimum Gasteiger partial charge on any atom is -0.334 e. The maximum absolute atomic E-state index is 12.9. The first kappa shape index (κ1) is 20.3. The normalized spacial score (nSPS) is 15.9. The van der Waals surface area contributed by atoms with Gasteiger partial charge in [-0.05, 0) is 56.0 Å². The fraction of sp³-hybridized carbons (Fsp3) is 0.304. The Morgan fingerprint density at radius 1 is 1.17 bits per heavy atom. The van der Waals surface area contributed by atoms with E-state index in [1.54, 1.807) is 12.4 Å². The molecule has 30 heavy (non-hydrogen) atoms. The summed E-state index contributed by atoms with van der Waals surface area (Å²) >= 11 is 6.05. The molecule has 0 aliphatic carbocycles. The second-order valence-electron chi connectivity index (χ2n) is 7.49. The number of benzene rings is 1. The number of rotatable bonds is 6. The highest BCUT2D eigenvalue weighted by atomic mass is 35.5. The summed E-state index contributed by atoms with van der Waals surface area (Å²) in [5.74, 6) is 1.49. The number of hydrogen-bond donors (Lipinski definition) is 1. The molecule has 1 amide bonds. The van der Waals surface area contributed by atoms with Gasteiger partial charge in [0.15, 0.2) is 0 Å². The number of anilines is 2. The summed E-state index contributed by atoms with van der Waals surface area (Å²) in [6.45, 7) is 2.69. The van der Waals surface area contributed by atoms with Crippen molar-refractivity contribution in [2.75, 3.05) is 11.9 Å². The SMILES string of the molecule is Cc1cccc(Nc2cncc([C@H]3CCCN3C(=O)CCc3cccc(Cl)c3)n2)n1. The van der Waals surface area contributed by atoms with Gasteiger partial charge in [0.1, 0.15) is 11.6 Å². The Balaban J connectivity index is 1.44. The molecule has 0 bridgehead atoms. The number of nitrogens with zero attached hydrogens (tertiary/aromatic N) is 4. The van der Waals surface area contributed by atoms with Gasteiger partial charge in [-0.1, -0.05) is 29.8 Å². The van der Waals surface area contributed by atoms with Gasteiger partial charge in [0, 0.05) is 23.7 Å². The average molecular weight is 422 g/mol. The summed E-state index contributed by atoms with van der Waals surface area (Å²) in [6.07, 6.45) is 6.41. The van der Waals surface area contributed by atoms with Crippen LogP contribution in [-0.2, 0) is 11.2 Å². The lowest BCUT2D eigenvalue weighted by Gasteiger charge is -2.24. The average Bonchev–Trinajstić information content (AvgIpc) is 3.22. The highest BCUT2D eigenvalue weighted by Crippen LogP contribution is 2.32. The smallest absolute Gasteiger partial charge is 0.223 e. The van der Waals surface area contributed by atoms with E-state index in [4.69, 9.17) is 16.6 Å². The van der Waals surface area contributed by atoms with E-state index in [-0.39, 0.29) is 11.9 Å². The molecule has 3 heterocycles. The molecule has 1 N–H and O–H groups in total. The van der Waals surface area contributed by atoms with Crippen molar-refractivity contribution in [3.8, 4) is 0 Å². The highest BCUT2D eigenvalue weighted by molar-refractivity contribution is 6.30. The van der Waals surface area contributed by atoms with E-state index in [1.165, 1.54) is 0 Å². The van der Waals surface area contributed by atoms with Gasteiger partial charge in [-0.2, -0.15) is 0 Å². The van der Waals surface area contributed by atoms with Gasteiger partial charge in [0.05, 0.1) is 24.1 Å². The number of amides is 1. The van der Waals surface area contributed by atoms with Crippen molar-refractivity contribution in [1.82, 2.24) is 19.9 Å². The first-order valence-electron chi connectivity index (χ1n) is 10.1. The predicted molar refractivity (Wildman–Crippen MR) is 118 cm³/mol. The van der Waals surface area contributed by atoms with Crippen LogP contribution in [0.2, 0.25) is 5.02 Å². The quantitative estimate of drug-likeness (QED) is 0.614. The van der Waals surface area contributed by atoms with E-state index >= 15 is 0 Å². The number of halogens is 1. The lowest BCUT2D eigenvalue weighted by atomic mass is 10.1. The van der Waals surface area contributed by atoms with Crippen LogP contribution in [0.25, 0.3) is 0 Å². The maximum atomic E-state index is 12.9. The molecule has 154 valence electrons. The molecule has 7 heteroatoms. The van der Waals surface area contributed by atoms with Crippen LogP contribution in [0.1, 0.15) is 42.3 Å². The summed E-state index contributed by atoms with van der Waals surface area (Å²) in [5, 5.41) is 3.90. The Bertz CT molecular complexity index is 1040. The summed E-state index contributed by atoms with van der Waals surface area (Å²) in [6, 6.07) is 13.4. The van der Waals surface area contributed by atoms with Crippen LogP contribution in [0, 0.1) is 6.92 Å². The van der Waals surface area contributed by atoms with E-state index in [2.05, 4.69) is 15.3 Å².